The van der Waals surface area contributed by atoms with Gasteiger partial charge in [0.15, 0.2) is 16.6 Å². The van der Waals surface area contributed by atoms with Gasteiger partial charge in [-0.3, -0.25) is 0 Å². The number of anilines is 1. The van der Waals surface area contributed by atoms with Crippen molar-refractivity contribution in [2.75, 3.05) is 18.5 Å². The smallest absolute Gasteiger partial charge is 0.416 e. The third kappa shape index (κ3) is 4.27. The fourth-order valence-corrected chi connectivity index (χ4v) is 4.27. The van der Waals surface area contributed by atoms with Crippen molar-refractivity contribution < 1.29 is 22.6 Å². The van der Waals surface area contributed by atoms with E-state index < -0.39 is 17.3 Å². The first kappa shape index (κ1) is 19.8. The minimum Gasteiger partial charge on any atom is -0.486 e. The van der Waals surface area contributed by atoms with Gasteiger partial charge in [0.2, 0.25) is 0 Å². The molecule has 2 aromatic carbocycles. The molecule has 0 spiro atoms. The van der Waals surface area contributed by atoms with E-state index in [4.69, 9.17) is 21.7 Å². The molecule has 0 amide bonds. The van der Waals surface area contributed by atoms with Gasteiger partial charge in [0.25, 0.3) is 0 Å². The van der Waals surface area contributed by atoms with Crippen molar-refractivity contribution in [2.45, 2.75) is 37.4 Å². The number of thiocarbonyl (C=S) groups is 1. The molecule has 2 N–H and O–H groups in total. The Balaban J connectivity index is 1.53. The Morgan fingerprint density at radius 3 is 2.41 bits per heavy atom. The molecule has 1 aliphatic carbocycles. The molecule has 0 atom stereocenters. The minimum atomic E-state index is -4.38. The molecule has 29 heavy (non-hydrogen) atoms. The Morgan fingerprint density at radius 1 is 0.966 bits per heavy atom. The molecule has 154 valence electrons. The SMILES string of the molecule is FC(F)(F)c1cccc(C2(NC(=S)Nc3ccc4c(c3)OCCO4)CCCC2)c1. The Morgan fingerprint density at radius 2 is 1.69 bits per heavy atom. The Kier molecular flexibility index (Phi) is 5.29. The molecule has 2 aromatic rings. The second-order valence-electron chi connectivity index (χ2n) is 7.31. The summed E-state index contributed by atoms with van der Waals surface area (Å²) >= 11 is 5.49. The number of hydrogen-bond donors (Lipinski definition) is 2. The van der Waals surface area contributed by atoms with E-state index in [1.54, 1.807) is 18.2 Å². The third-order valence-electron chi connectivity index (χ3n) is 5.35. The van der Waals surface area contributed by atoms with Crippen molar-refractivity contribution >= 4 is 23.0 Å². The standard InChI is InChI=1S/C21H21F3N2O2S/c22-21(23,24)15-5-3-4-14(12-15)20(8-1-2-9-20)26-19(29)25-16-6-7-17-18(13-16)28-11-10-27-17/h3-7,12-13H,1-2,8-11H2,(H2,25,26,29). The zero-order valence-electron chi connectivity index (χ0n) is 15.6. The van der Waals surface area contributed by atoms with Gasteiger partial charge in [-0.1, -0.05) is 25.0 Å². The summed E-state index contributed by atoms with van der Waals surface area (Å²) in [7, 11) is 0. The number of halogens is 3. The molecule has 0 radical (unpaired) electrons. The Hall–Kier alpha value is -2.48. The molecule has 0 bridgehead atoms. The number of nitrogens with one attached hydrogen (secondary N) is 2. The number of rotatable bonds is 3. The Labute approximate surface area is 172 Å². The first-order valence-electron chi connectivity index (χ1n) is 9.52. The average molecular weight is 422 g/mol. The molecule has 1 heterocycles. The lowest BCUT2D eigenvalue weighted by atomic mass is 9.87. The summed E-state index contributed by atoms with van der Waals surface area (Å²) in [5, 5.41) is 6.78. The monoisotopic (exact) mass is 422 g/mol. The fourth-order valence-electron chi connectivity index (χ4n) is 3.96. The van der Waals surface area contributed by atoms with E-state index in [0.717, 1.165) is 37.4 Å². The normalized spacial score (nSPS) is 17.6. The van der Waals surface area contributed by atoms with Gasteiger partial charge in [0, 0.05) is 11.8 Å². The maximum atomic E-state index is 13.2. The van der Waals surface area contributed by atoms with Gasteiger partial charge in [0.1, 0.15) is 13.2 Å². The summed E-state index contributed by atoms with van der Waals surface area (Å²) in [6.07, 6.45) is -1.08. The minimum absolute atomic E-state index is 0.362. The molecule has 1 aliphatic heterocycles. The van der Waals surface area contributed by atoms with Crippen LogP contribution in [0.3, 0.4) is 0 Å². The quantitative estimate of drug-likeness (QED) is 0.663. The summed E-state index contributed by atoms with van der Waals surface area (Å²) in [6.45, 7) is 0.997. The van der Waals surface area contributed by atoms with Crippen molar-refractivity contribution in [3.8, 4) is 11.5 Å². The molecule has 1 fully saturated rings. The summed E-state index contributed by atoms with van der Waals surface area (Å²) in [5.41, 5.74) is 0.0768. The van der Waals surface area contributed by atoms with Crippen LogP contribution in [0.25, 0.3) is 0 Å². The highest BCUT2D eigenvalue weighted by Gasteiger charge is 2.38. The van der Waals surface area contributed by atoms with Crippen LogP contribution in [0, 0.1) is 0 Å². The molecule has 0 saturated heterocycles. The zero-order valence-corrected chi connectivity index (χ0v) is 16.5. The van der Waals surface area contributed by atoms with E-state index in [0.29, 0.717) is 35.4 Å². The van der Waals surface area contributed by atoms with Gasteiger partial charge in [-0.05, 0) is 54.9 Å². The highest BCUT2D eigenvalue weighted by Crippen LogP contribution is 2.41. The van der Waals surface area contributed by atoms with Crippen molar-refractivity contribution in [2.24, 2.45) is 0 Å². The van der Waals surface area contributed by atoms with Gasteiger partial charge in [-0.15, -0.1) is 0 Å². The summed E-state index contributed by atoms with van der Waals surface area (Å²) in [5.74, 6) is 1.31. The van der Waals surface area contributed by atoms with Crippen molar-refractivity contribution in [3.05, 3.63) is 53.6 Å². The number of fused-ring (bicyclic) bond motifs is 1. The molecular weight excluding hydrogens is 401 g/mol. The van der Waals surface area contributed by atoms with Crippen LogP contribution in [0.15, 0.2) is 42.5 Å². The maximum absolute atomic E-state index is 13.2. The third-order valence-corrected chi connectivity index (χ3v) is 5.56. The van der Waals surface area contributed by atoms with Crippen LogP contribution < -0.4 is 20.1 Å². The van der Waals surface area contributed by atoms with Crippen LogP contribution in [0.1, 0.15) is 36.8 Å². The lowest BCUT2D eigenvalue weighted by Gasteiger charge is -2.33. The maximum Gasteiger partial charge on any atom is 0.416 e. The summed E-state index contributed by atoms with van der Waals surface area (Å²) in [4.78, 5) is 0. The van der Waals surface area contributed by atoms with E-state index in [1.165, 1.54) is 12.1 Å². The fraction of sp³-hybridized carbons (Fsp3) is 0.381. The Bertz CT molecular complexity index is 911. The lowest BCUT2D eigenvalue weighted by Crippen LogP contribution is -2.45. The molecule has 8 heteroatoms. The predicted molar refractivity (Wildman–Crippen MR) is 108 cm³/mol. The molecule has 0 unspecified atom stereocenters. The molecule has 2 aliphatic rings. The van der Waals surface area contributed by atoms with Crippen molar-refractivity contribution in [1.82, 2.24) is 5.32 Å². The molecule has 4 nitrogen and oxygen atoms in total. The predicted octanol–water partition coefficient (Wildman–Crippen LogP) is 5.23. The van der Waals surface area contributed by atoms with Crippen LogP contribution in [-0.4, -0.2) is 18.3 Å². The number of alkyl halides is 3. The first-order valence-corrected chi connectivity index (χ1v) is 9.93. The topological polar surface area (TPSA) is 42.5 Å². The number of hydrogen-bond acceptors (Lipinski definition) is 3. The van der Waals surface area contributed by atoms with E-state index in [9.17, 15) is 13.2 Å². The highest BCUT2D eigenvalue weighted by atomic mass is 32.1. The molecular formula is C21H21F3N2O2S. The van der Waals surface area contributed by atoms with Crippen molar-refractivity contribution in [3.63, 3.8) is 0 Å². The second-order valence-corrected chi connectivity index (χ2v) is 7.71. The number of benzene rings is 2. The van der Waals surface area contributed by atoms with Gasteiger partial charge in [-0.25, -0.2) is 0 Å². The van der Waals surface area contributed by atoms with E-state index in [2.05, 4.69) is 10.6 Å². The van der Waals surface area contributed by atoms with Gasteiger partial charge < -0.3 is 20.1 Å². The first-order chi connectivity index (χ1) is 13.9. The average Bonchev–Trinajstić information content (AvgIpc) is 3.17. The number of ether oxygens (including phenoxy) is 2. The largest absolute Gasteiger partial charge is 0.486 e. The van der Waals surface area contributed by atoms with Crippen LogP contribution in [0.2, 0.25) is 0 Å². The van der Waals surface area contributed by atoms with Crippen LogP contribution in [0.5, 0.6) is 11.5 Å². The molecule has 1 saturated carbocycles. The van der Waals surface area contributed by atoms with Gasteiger partial charge >= 0.3 is 6.18 Å². The van der Waals surface area contributed by atoms with Crippen LogP contribution >= 0.6 is 12.2 Å². The van der Waals surface area contributed by atoms with E-state index in [1.807, 2.05) is 6.07 Å². The van der Waals surface area contributed by atoms with E-state index in [-0.39, 0.29) is 0 Å². The zero-order chi connectivity index (χ0) is 20.5. The van der Waals surface area contributed by atoms with Crippen molar-refractivity contribution in [1.29, 1.82) is 0 Å². The highest BCUT2D eigenvalue weighted by molar-refractivity contribution is 7.80. The van der Waals surface area contributed by atoms with E-state index >= 15 is 0 Å². The van der Waals surface area contributed by atoms with Gasteiger partial charge in [0.05, 0.1) is 11.1 Å². The summed E-state index contributed by atoms with van der Waals surface area (Å²) in [6, 6.07) is 10.9. The van der Waals surface area contributed by atoms with Gasteiger partial charge in [-0.2, -0.15) is 13.2 Å². The molecule has 4 rings (SSSR count). The van der Waals surface area contributed by atoms with Crippen LogP contribution in [0.4, 0.5) is 18.9 Å². The van der Waals surface area contributed by atoms with Crippen LogP contribution in [-0.2, 0) is 11.7 Å². The summed E-state index contributed by atoms with van der Waals surface area (Å²) < 4.78 is 50.6. The molecule has 0 aromatic heterocycles. The lowest BCUT2D eigenvalue weighted by molar-refractivity contribution is -0.137. The second kappa shape index (κ2) is 7.74.